The van der Waals surface area contributed by atoms with Gasteiger partial charge in [0.25, 0.3) is 0 Å². The molecular formula is C11H14ClN. The van der Waals surface area contributed by atoms with E-state index in [-0.39, 0.29) is 0 Å². The van der Waals surface area contributed by atoms with Gasteiger partial charge in [0.05, 0.1) is 0 Å². The highest BCUT2D eigenvalue weighted by Crippen LogP contribution is 2.37. The Labute approximate surface area is 84.1 Å². The fourth-order valence-electron chi connectivity index (χ4n) is 1.99. The monoisotopic (exact) mass is 195 g/mol. The molecule has 1 aliphatic carbocycles. The van der Waals surface area contributed by atoms with Gasteiger partial charge in [0, 0.05) is 23.2 Å². The zero-order valence-corrected chi connectivity index (χ0v) is 8.59. The van der Waals surface area contributed by atoms with Gasteiger partial charge in [-0.1, -0.05) is 12.5 Å². The third kappa shape index (κ3) is 1.86. The lowest BCUT2D eigenvalue weighted by molar-refractivity contribution is 0.725. The second-order valence-electron chi connectivity index (χ2n) is 3.79. The van der Waals surface area contributed by atoms with Crippen molar-refractivity contribution in [2.75, 3.05) is 0 Å². The molecule has 1 aromatic heterocycles. The van der Waals surface area contributed by atoms with Crippen LogP contribution in [-0.4, -0.2) is 10.4 Å². The van der Waals surface area contributed by atoms with Crippen molar-refractivity contribution in [2.24, 2.45) is 0 Å². The molecule has 0 N–H and O–H groups in total. The van der Waals surface area contributed by atoms with Crippen LogP contribution in [0.15, 0.2) is 18.3 Å². The summed E-state index contributed by atoms with van der Waals surface area (Å²) >= 11 is 6.22. The maximum atomic E-state index is 6.22. The summed E-state index contributed by atoms with van der Waals surface area (Å²) in [5.41, 5.74) is 2.39. The van der Waals surface area contributed by atoms with E-state index in [4.69, 9.17) is 11.6 Å². The van der Waals surface area contributed by atoms with Crippen LogP contribution in [0.4, 0.5) is 0 Å². The van der Waals surface area contributed by atoms with E-state index >= 15 is 0 Å². The van der Waals surface area contributed by atoms with Crippen molar-refractivity contribution in [1.29, 1.82) is 0 Å². The van der Waals surface area contributed by atoms with Gasteiger partial charge in [0.2, 0.25) is 0 Å². The maximum absolute atomic E-state index is 6.22. The van der Waals surface area contributed by atoms with Crippen LogP contribution in [0.1, 0.15) is 36.4 Å². The number of pyridine rings is 1. The standard InChI is InChI=1S/C11H14ClN/c1-8-5-6-9(7-13-8)10-3-2-4-11(10)12/h5-7,10-11H,2-4H2,1H3. The van der Waals surface area contributed by atoms with Gasteiger partial charge in [-0.2, -0.15) is 0 Å². The number of nitrogens with zero attached hydrogens (tertiary/aromatic N) is 1. The number of aryl methyl sites for hydroxylation is 1. The van der Waals surface area contributed by atoms with Crippen LogP contribution in [0, 0.1) is 6.92 Å². The molecule has 0 radical (unpaired) electrons. The maximum Gasteiger partial charge on any atom is 0.0405 e. The van der Waals surface area contributed by atoms with Crippen LogP contribution in [0.25, 0.3) is 0 Å². The molecule has 0 bridgehead atoms. The molecule has 13 heavy (non-hydrogen) atoms. The first-order valence-electron chi connectivity index (χ1n) is 4.84. The molecule has 0 spiro atoms. The first-order valence-corrected chi connectivity index (χ1v) is 5.27. The predicted octanol–water partition coefficient (Wildman–Crippen LogP) is 3.26. The molecule has 0 amide bonds. The normalized spacial score (nSPS) is 27.8. The summed E-state index contributed by atoms with van der Waals surface area (Å²) in [7, 11) is 0. The number of halogens is 1. The van der Waals surface area contributed by atoms with Gasteiger partial charge >= 0.3 is 0 Å². The van der Waals surface area contributed by atoms with Crippen LogP contribution in [0.2, 0.25) is 0 Å². The number of hydrogen-bond donors (Lipinski definition) is 0. The van der Waals surface area contributed by atoms with Crippen molar-refractivity contribution in [3.05, 3.63) is 29.6 Å². The Kier molecular flexibility index (Phi) is 2.54. The van der Waals surface area contributed by atoms with E-state index in [0.717, 1.165) is 12.1 Å². The van der Waals surface area contributed by atoms with Crippen molar-refractivity contribution in [2.45, 2.75) is 37.5 Å². The van der Waals surface area contributed by atoms with Crippen molar-refractivity contribution in [3.8, 4) is 0 Å². The average Bonchev–Trinajstić information content (AvgIpc) is 2.53. The molecule has 1 saturated carbocycles. The third-order valence-electron chi connectivity index (χ3n) is 2.79. The molecule has 0 aliphatic heterocycles. The molecule has 1 aromatic rings. The second-order valence-corrected chi connectivity index (χ2v) is 4.35. The van der Waals surface area contributed by atoms with E-state index in [1.807, 2.05) is 13.1 Å². The average molecular weight is 196 g/mol. The van der Waals surface area contributed by atoms with E-state index in [9.17, 15) is 0 Å². The Hall–Kier alpha value is -0.560. The van der Waals surface area contributed by atoms with Crippen LogP contribution < -0.4 is 0 Å². The molecule has 2 heteroatoms. The number of aromatic nitrogens is 1. The molecule has 2 atom stereocenters. The van der Waals surface area contributed by atoms with E-state index in [2.05, 4.69) is 17.1 Å². The highest BCUT2D eigenvalue weighted by molar-refractivity contribution is 6.21. The van der Waals surface area contributed by atoms with Gasteiger partial charge in [-0.3, -0.25) is 4.98 Å². The van der Waals surface area contributed by atoms with Crippen LogP contribution in [0.3, 0.4) is 0 Å². The van der Waals surface area contributed by atoms with Gasteiger partial charge in [0.15, 0.2) is 0 Å². The van der Waals surface area contributed by atoms with E-state index in [1.165, 1.54) is 18.4 Å². The fraction of sp³-hybridized carbons (Fsp3) is 0.545. The Morgan fingerprint density at radius 3 is 2.77 bits per heavy atom. The Morgan fingerprint density at radius 1 is 1.38 bits per heavy atom. The summed E-state index contributed by atoms with van der Waals surface area (Å²) in [5.74, 6) is 0.537. The van der Waals surface area contributed by atoms with Crippen LogP contribution in [-0.2, 0) is 0 Å². The van der Waals surface area contributed by atoms with Gasteiger partial charge < -0.3 is 0 Å². The molecule has 1 fully saturated rings. The lowest BCUT2D eigenvalue weighted by Crippen LogP contribution is -2.05. The first kappa shape index (κ1) is 9.01. The molecule has 2 unspecified atom stereocenters. The molecular weight excluding hydrogens is 182 g/mol. The molecule has 1 heterocycles. The topological polar surface area (TPSA) is 12.9 Å². The largest absolute Gasteiger partial charge is 0.261 e. The zero-order chi connectivity index (χ0) is 9.26. The zero-order valence-electron chi connectivity index (χ0n) is 7.83. The molecule has 0 aromatic carbocycles. The summed E-state index contributed by atoms with van der Waals surface area (Å²) in [6.07, 6.45) is 5.60. The lowest BCUT2D eigenvalue weighted by atomic mass is 9.99. The van der Waals surface area contributed by atoms with Gasteiger partial charge in [-0.05, 0) is 31.4 Å². The minimum atomic E-state index is 0.324. The smallest absolute Gasteiger partial charge is 0.0405 e. The van der Waals surface area contributed by atoms with E-state index in [0.29, 0.717) is 11.3 Å². The Morgan fingerprint density at radius 2 is 2.23 bits per heavy atom. The highest BCUT2D eigenvalue weighted by Gasteiger charge is 2.26. The minimum Gasteiger partial charge on any atom is -0.261 e. The summed E-state index contributed by atoms with van der Waals surface area (Å²) < 4.78 is 0. The Bertz CT molecular complexity index is 281. The second kappa shape index (κ2) is 3.67. The van der Waals surface area contributed by atoms with Crippen LogP contribution in [0.5, 0.6) is 0 Å². The minimum absolute atomic E-state index is 0.324. The molecule has 1 nitrogen and oxygen atoms in total. The molecule has 0 saturated heterocycles. The lowest BCUT2D eigenvalue weighted by Gasteiger charge is -2.13. The quantitative estimate of drug-likeness (QED) is 0.627. The van der Waals surface area contributed by atoms with Gasteiger partial charge in [-0.25, -0.2) is 0 Å². The van der Waals surface area contributed by atoms with Gasteiger partial charge in [0.1, 0.15) is 0 Å². The van der Waals surface area contributed by atoms with Crippen molar-refractivity contribution < 1.29 is 0 Å². The highest BCUT2D eigenvalue weighted by atomic mass is 35.5. The summed E-state index contributed by atoms with van der Waals surface area (Å²) in [6, 6.07) is 4.23. The van der Waals surface area contributed by atoms with E-state index < -0.39 is 0 Å². The first-order chi connectivity index (χ1) is 6.27. The Balaban J connectivity index is 2.20. The van der Waals surface area contributed by atoms with Crippen molar-refractivity contribution >= 4 is 11.6 Å². The summed E-state index contributed by atoms with van der Waals surface area (Å²) in [4.78, 5) is 4.30. The van der Waals surface area contributed by atoms with E-state index in [1.54, 1.807) is 0 Å². The SMILES string of the molecule is Cc1ccc(C2CCCC2Cl)cn1. The number of rotatable bonds is 1. The number of alkyl halides is 1. The molecule has 2 rings (SSSR count). The van der Waals surface area contributed by atoms with Crippen molar-refractivity contribution in [3.63, 3.8) is 0 Å². The third-order valence-corrected chi connectivity index (χ3v) is 3.32. The molecule has 1 aliphatic rings. The van der Waals surface area contributed by atoms with Crippen molar-refractivity contribution in [1.82, 2.24) is 4.98 Å². The summed E-state index contributed by atoms with van der Waals surface area (Å²) in [6.45, 7) is 2.01. The fourth-order valence-corrected chi connectivity index (χ4v) is 2.41. The van der Waals surface area contributed by atoms with Crippen LogP contribution >= 0.6 is 11.6 Å². The summed E-state index contributed by atoms with van der Waals surface area (Å²) in [5, 5.41) is 0.324. The predicted molar refractivity (Wildman–Crippen MR) is 55.2 cm³/mol. The number of hydrogen-bond acceptors (Lipinski definition) is 1. The van der Waals surface area contributed by atoms with Gasteiger partial charge in [-0.15, -0.1) is 11.6 Å². The molecule has 70 valence electrons.